The van der Waals surface area contributed by atoms with Gasteiger partial charge in [0.15, 0.2) is 23.0 Å². The van der Waals surface area contributed by atoms with Crippen LogP contribution in [0.2, 0.25) is 0 Å². The fourth-order valence-electron chi connectivity index (χ4n) is 3.79. The van der Waals surface area contributed by atoms with Gasteiger partial charge >= 0.3 is 0 Å². The molecule has 0 radical (unpaired) electrons. The van der Waals surface area contributed by atoms with Crippen molar-refractivity contribution < 1.29 is 9.47 Å². The second kappa shape index (κ2) is 6.73. The molecule has 0 bridgehead atoms. The number of imidazole rings is 1. The molecule has 146 valence electrons. The SMILES string of the molecule is c1cnc2c(-c3cnc4c(NCc5ccc6c(c5)OCO6)nccn34)cccc2c1. The Morgan fingerprint density at radius 3 is 2.87 bits per heavy atom. The summed E-state index contributed by atoms with van der Waals surface area (Å²) in [5.41, 5.74) is 4.80. The second-order valence-electron chi connectivity index (χ2n) is 7.03. The van der Waals surface area contributed by atoms with E-state index in [0.29, 0.717) is 6.54 Å². The van der Waals surface area contributed by atoms with E-state index in [4.69, 9.17) is 9.47 Å². The predicted molar refractivity (Wildman–Crippen MR) is 114 cm³/mol. The van der Waals surface area contributed by atoms with Gasteiger partial charge < -0.3 is 14.8 Å². The summed E-state index contributed by atoms with van der Waals surface area (Å²) in [4.78, 5) is 13.7. The highest BCUT2D eigenvalue weighted by Crippen LogP contribution is 2.33. The van der Waals surface area contributed by atoms with E-state index in [1.165, 1.54) is 0 Å². The van der Waals surface area contributed by atoms with Crippen LogP contribution in [-0.4, -0.2) is 26.1 Å². The molecule has 5 aromatic rings. The Bertz CT molecular complexity index is 1390. The fraction of sp³-hybridized carbons (Fsp3) is 0.0870. The number of hydrogen-bond donors (Lipinski definition) is 1. The molecular formula is C23H17N5O2. The summed E-state index contributed by atoms with van der Waals surface area (Å²) >= 11 is 0. The number of ether oxygens (including phenoxy) is 2. The van der Waals surface area contributed by atoms with Gasteiger partial charge in [0.2, 0.25) is 6.79 Å². The van der Waals surface area contributed by atoms with Crippen LogP contribution >= 0.6 is 0 Å². The van der Waals surface area contributed by atoms with Crippen LogP contribution in [0.25, 0.3) is 27.8 Å². The molecule has 0 fully saturated rings. The van der Waals surface area contributed by atoms with Crippen molar-refractivity contribution in [2.45, 2.75) is 6.54 Å². The van der Waals surface area contributed by atoms with E-state index in [2.05, 4.69) is 38.5 Å². The van der Waals surface area contributed by atoms with Crippen LogP contribution in [0.3, 0.4) is 0 Å². The van der Waals surface area contributed by atoms with Crippen LogP contribution in [0.5, 0.6) is 11.5 Å². The van der Waals surface area contributed by atoms with Gasteiger partial charge in [0.05, 0.1) is 17.4 Å². The normalized spacial score (nSPS) is 12.5. The number of aromatic nitrogens is 4. The third kappa shape index (κ3) is 2.71. The number of nitrogens with zero attached hydrogens (tertiary/aromatic N) is 4. The van der Waals surface area contributed by atoms with Crippen LogP contribution in [0.1, 0.15) is 5.56 Å². The minimum atomic E-state index is 0.271. The monoisotopic (exact) mass is 395 g/mol. The van der Waals surface area contributed by atoms with Crippen LogP contribution in [0, 0.1) is 0 Å². The molecule has 1 aliphatic heterocycles. The van der Waals surface area contributed by atoms with Gasteiger partial charge in [-0.2, -0.15) is 0 Å². The van der Waals surface area contributed by atoms with Gasteiger partial charge in [0.25, 0.3) is 0 Å². The van der Waals surface area contributed by atoms with Gasteiger partial charge in [-0.1, -0.05) is 30.3 Å². The molecular weight excluding hydrogens is 378 g/mol. The number of benzene rings is 2. The maximum atomic E-state index is 5.46. The van der Waals surface area contributed by atoms with Gasteiger partial charge in [-0.15, -0.1) is 0 Å². The zero-order valence-electron chi connectivity index (χ0n) is 15.9. The van der Waals surface area contributed by atoms with Gasteiger partial charge in [0.1, 0.15) is 0 Å². The van der Waals surface area contributed by atoms with Crippen molar-refractivity contribution in [1.82, 2.24) is 19.4 Å². The summed E-state index contributed by atoms with van der Waals surface area (Å²) in [6, 6.07) is 16.1. The molecule has 0 atom stereocenters. The predicted octanol–water partition coefficient (Wildman–Crippen LogP) is 4.29. The Kier molecular flexibility index (Phi) is 3.77. The number of rotatable bonds is 4. The quantitative estimate of drug-likeness (QED) is 0.490. The molecule has 1 N–H and O–H groups in total. The zero-order valence-corrected chi connectivity index (χ0v) is 15.9. The lowest BCUT2D eigenvalue weighted by atomic mass is 10.1. The molecule has 0 aliphatic carbocycles. The third-order valence-electron chi connectivity index (χ3n) is 5.23. The van der Waals surface area contributed by atoms with Gasteiger partial charge in [-0.3, -0.25) is 9.38 Å². The molecule has 30 heavy (non-hydrogen) atoms. The third-order valence-corrected chi connectivity index (χ3v) is 5.23. The molecule has 4 heterocycles. The minimum absolute atomic E-state index is 0.271. The molecule has 1 aliphatic rings. The van der Waals surface area contributed by atoms with Crippen molar-refractivity contribution in [2.24, 2.45) is 0 Å². The number of nitrogens with one attached hydrogen (secondary N) is 1. The molecule has 7 heteroatoms. The van der Waals surface area contributed by atoms with Gasteiger partial charge in [-0.25, -0.2) is 9.97 Å². The standard InChI is InChI=1S/C23H17N5O2/c1-3-16-4-2-8-24-21(16)17(5-1)18-13-27-23-22(25-9-10-28(18)23)26-12-15-6-7-19-20(11-15)30-14-29-19/h1-11,13H,12,14H2,(H,25,26). The molecule has 6 rings (SSSR count). The Hall–Kier alpha value is -4.13. The molecule has 0 amide bonds. The van der Waals surface area contributed by atoms with Crippen molar-refractivity contribution in [3.05, 3.63) is 78.9 Å². The highest BCUT2D eigenvalue weighted by Gasteiger charge is 2.15. The van der Waals surface area contributed by atoms with Crippen molar-refractivity contribution in [3.63, 3.8) is 0 Å². The highest BCUT2D eigenvalue weighted by atomic mass is 16.7. The summed E-state index contributed by atoms with van der Waals surface area (Å²) < 4.78 is 12.9. The maximum absolute atomic E-state index is 5.46. The molecule has 7 nitrogen and oxygen atoms in total. The number of anilines is 1. The topological polar surface area (TPSA) is 73.6 Å². The van der Waals surface area contributed by atoms with Crippen molar-refractivity contribution in [3.8, 4) is 22.8 Å². The van der Waals surface area contributed by atoms with Crippen LogP contribution < -0.4 is 14.8 Å². The summed E-state index contributed by atoms with van der Waals surface area (Å²) in [5, 5.41) is 4.49. The lowest BCUT2D eigenvalue weighted by molar-refractivity contribution is 0.174. The smallest absolute Gasteiger partial charge is 0.231 e. The lowest BCUT2D eigenvalue weighted by Crippen LogP contribution is -2.04. The highest BCUT2D eigenvalue weighted by molar-refractivity contribution is 5.93. The van der Waals surface area contributed by atoms with E-state index in [9.17, 15) is 0 Å². The van der Waals surface area contributed by atoms with E-state index >= 15 is 0 Å². The fourth-order valence-corrected chi connectivity index (χ4v) is 3.79. The van der Waals surface area contributed by atoms with E-state index in [-0.39, 0.29) is 6.79 Å². The molecule has 0 spiro atoms. The Morgan fingerprint density at radius 2 is 1.87 bits per heavy atom. The first-order chi connectivity index (χ1) is 14.9. The number of hydrogen-bond acceptors (Lipinski definition) is 6. The van der Waals surface area contributed by atoms with E-state index < -0.39 is 0 Å². The van der Waals surface area contributed by atoms with Crippen LogP contribution in [0.4, 0.5) is 5.82 Å². The molecule has 0 unspecified atom stereocenters. The van der Waals surface area contributed by atoms with Crippen molar-refractivity contribution in [1.29, 1.82) is 0 Å². The first kappa shape index (κ1) is 16.8. The summed E-state index contributed by atoms with van der Waals surface area (Å²) in [7, 11) is 0. The maximum Gasteiger partial charge on any atom is 0.231 e. The Labute approximate surface area is 172 Å². The molecule has 2 aromatic carbocycles. The lowest BCUT2D eigenvalue weighted by Gasteiger charge is -2.09. The number of pyridine rings is 1. The minimum Gasteiger partial charge on any atom is -0.454 e. The number of fused-ring (bicyclic) bond motifs is 3. The summed E-state index contributed by atoms with van der Waals surface area (Å²) in [6.45, 7) is 0.869. The molecule has 3 aromatic heterocycles. The van der Waals surface area contributed by atoms with Crippen LogP contribution in [0.15, 0.2) is 73.3 Å². The summed E-state index contributed by atoms with van der Waals surface area (Å²) in [6.07, 6.45) is 7.38. The molecule has 0 saturated heterocycles. The first-order valence-corrected chi connectivity index (χ1v) is 9.65. The Balaban J connectivity index is 1.36. The Morgan fingerprint density at radius 1 is 0.933 bits per heavy atom. The average molecular weight is 395 g/mol. The van der Waals surface area contributed by atoms with E-state index in [0.717, 1.165) is 50.7 Å². The van der Waals surface area contributed by atoms with Crippen molar-refractivity contribution >= 4 is 22.4 Å². The summed E-state index contributed by atoms with van der Waals surface area (Å²) in [5.74, 6) is 2.27. The number of para-hydroxylation sites is 1. The average Bonchev–Trinajstić information content (AvgIpc) is 3.44. The van der Waals surface area contributed by atoms with E-state index in [1.54, 1.807) is 6.20 Å². The van der Waals surface area contributed by atoms with E-state index in [1.807, 2.05) is 53.3 Å². The van der Waals surface area contributed by atoms with Gasteiger partial charge in [-0.05, 0) is 23.8 Å². The van der Waals surface area contributed by atoms with Crippen LogP contribution in [-0.2, 0) is 6.54 Å². The first-order valence-electron chi connectivity index (χ1n) is 9.65. The largest absolute Gasteiger partial charge is 0.454 e. The van der Waals surface area contributed by atoms with Crippen molar-refractivity contribution in [2.75, 3.05) is 12.1 Å². The zero-order chi connectivity index (χ0) is 19.9. The molecule has 0 saturated carbocycles. The van der Waals surface area contributed by atoms with Gasteiger partial charge in [0, 0.05) is 36.1 Å². The second-order valence-corrected chi connectivity index (χ2v) is 7.03.